The number of allylic oxidation sites excluding steroid dienone is 5. The second kappa shape index (κ2) is 13.9. The molecule has 0 unspecified atom stereocenters. The minimum absolute atomic E-state index is 0.371. The molecule has 204 valence electrons. The Morgan fingerprint density at radius 2 is 1.82 bits per heavy atom. The first kappa shape index (κ1) is 30.8. The zero-order valence-corrected chi connectivity index (χ0v) is 24.5. The van der Waals surface area contributed by atoms with Crippen molar-refractivity contribution in [2.75, 3.05) is 0 Å². The van der Waals surface area contributed by atoms with E-state index in [0.29, 0.717) is 6.42 Å². The molecule has 0 saturated heterocycles. The molecular formula is C33H45N3O2. The van der Waals surface area contributed by atoms with Crippen molar-refractivity contribution < 1.29 is 9.53 Å². The van der Waals surface area contributed by atoms with E-state index in [4.69, 9.17) is 9.73 Å². The van der Waals surface area contributed by atoms with E-state index in [1.54, 1.807) is 12.3 Å². The highest BCUT2D eigenvalue weighted by atomic mass is 16.6. The lowest BCUT2D eigenvalue weighted by Gasteiger charge is -2.43. The number of ether oxygens (including phenoxy) is 1. The molecule has 0 spiro atoms. The lowest BCUT2D eigenvalue weighted by molar-refractivity contribution is 0.0377. The first-order valence-corrected chi connectivity index (χ1v) is 13.6. The van der Waals surface area contributed by atoms with Crippen LogP contribution in [0.1, 0.15) is 89.6 Å². The van der Waals surface area contributed by atoms with Crippen molar-refractivity contribution in [2.24, 2.45) is 4.99 Å². The Kier molecular flexibility index (Phi) is 11.2. The van der Waals surface area contributed by atoms with Crippen LogP contribution in [-0.2, 0) is 10.3 Å². The average Bonchev–Trinajstić information content (AvgIpc) is 2.86. The van der Waals surface area contributed by atoms with Crippen LogP contribution < -0.4 is 5.32 Å². The molecule has 0 aliphatic heterocycles. The zero-order valence-electron chi connectivity index (χ0n) is 24.5. The van der Waals surface area contributed by atoms with Crippen molar-refractivity contribution in [3.8, 4) is 0 Å². The number of aromatic nitrogens is 1. The molecule has 1 amide bonds. The maximum Gasteiger partial charge on any atom is 0.408 e. The smallest absolute Gasteiger partial charge is 0.408 e. The van der Waals surface area contributed by atoms with Gasteiger partial charge in [0, 0.05) is 18.3 Å². The summed E-state index contributed by atoms with van der Waals surface area (Å²) in [6.07, 6.45) is 12.9. The van der Waals surface area contributed by atoms with Crippen molar-refractivity contribution in [1.29, 1.82) is 0 Å². The van der Waals surface area contributed by atoms with Crippen LogP contribution in [0.5, 0.6) is 0 Å². The number of hydrogen-bond acceptors (Lipinski definition) is 4. The fourth-order valence-electron chi connectivity index (χ4n) is 4.24. The van der Waals surface area contributed by atoms with Crippen LogP contribution in [0.4, 0.5) is 10.5 Å². The summed E-state index contributed by atoms with van der Waals surface area (Å²) in [5.41, 5.74) is 6.34. The van der Waals surface area contributed by atoms with Crippen molar-refractivity contribution in [3.63, 3.8) is 0 Å². The molecule has 0 atom stereocenters. The predicted octanol–water partition coefficient (Wildman–Crippen LogP) is 8.83. The summed E-state index contributed by atoms with van der Waals surface area (Å²) >= 11 is 0. The summed E-state index contributed by atoms with van der Waals surface area (Å²) in [4.78, 5) is 22.0. The van der Waals surface area contributed by atoms with Gasteiger partial charge in [-0.1, -0.05) is 69.0 Å². The molecule has 3 rings (SSSR count). The number of nitrogens with zero attached hydrogens (tertiary/aromatic N) is 2. The molecule has 1 heterocycles. The van der Waals surface area contributed by atoms with Gasteiger partial charge in [0.25, 0.3) is 0 Å². The number of aryl methyl sites for hydroxylation is 1. The summed E-state index contributed by atoms with van der Waals surface area (Å²) in [5, 5.41) is 3.14. The molecule has 38 heavy (non-hydrogen) atoms. The Bertz CT molecular complexity index is 1180. The molecule has 1 aromatic heterocycles. The van der Waals surface area contributed by atoms with E-state index in [9.17, 15) is 4.79 Å². The molecule has 2 aromatic rings. The topological polar surface area (TPSA) is 63.6 Å². The van der Waals surface area contributed by atoms with Gasteiger partial charge in [-0.25, -0.2) is 4.79 Å². The number of carbonyl (C=O) groups excluding carboxylic acids is 1. The largest absolute Gasteiger partial charge is 0.444 e. The number of pyridine rings is 1. The van der Waals surface area contributed by atoms with Crippen molar-refractivity contribution >= 4 is 17.5 Å². The Hall–Kier alpha value is -3.47. The van der Waals surface area contributed by atoms with Crippen LogP contribution >= 0.6 is 0 Å². The van der Waals surface area contributed by atoms with Crippen molar-refractivity contribution in [1.82, 2.24) is 10.3 Å². The van der Waals surface area contributed by atoms with Gasteiger partial charge in [-0.15, -0.1) is 0 Å². The minimum Gasteiger partial charge on any atom is -0.444 e. The molecular weight excluding hydrogens is 470 g/mol. The lowest BCUT2D eigenvalue weighted by Crippen LogP contribution is -2.52. The number of hydrogen-bond donors (Lipinski definition) is 1. The molecule has 1 N–H and O–H groups in total. The molecule has 1 fully saturated rings. The highest BCUT2D eigenvalue weighted by Crippen LogP contribution is 2.41. The number of nitrogens with one attached hydrogen (secondary N) is 1. The maximum atomic E-state index is 12.5. The Morgan fingerprint density at radius 3 is 2.34 bits per heavy atom. The normalized spacial score (nSPS) is 15.3. The SMILES string of the molecule is C=C/C=C\C(=C/C)CC(=Nc1ccnc(C)c1C)c1ccc(C2(NC(=O)OC(C)(C)C)CCC2)cc1.CC. The van der Waals surface area contributed by atoms with Crippen LogP contribution in [0.3, 0.4) is 0 Å². The van der Waals surface area contributed by atoms with Gasteiger partial charge in [0.15, 0.2) is 0 Å². The molecule has 0 bridgehead atoms. The van der Waals surface area contributed by atoms with Crippen LogP contribution in [0.25, 0.3) is 0 Å². The summed E-state index contributed by atoms with van der Waals surface area (Å²) in [7, 11) is 0. The van der Waals surface area contributed by atoms with Crippen molar-refractivity contribution in [2.45, 2.75) is 92.2 Å². The number of rotatable bonds is 8. The fraction of sp³-hybridized carbons (Fsp3) is 0.424. The standard InChI is InChI=1S/C31H39N3O2.C2H6/c1-8-10-12-24(9-2)21-28(33-27-17-20-32-23(4)22(27)3)25-13-15-26(16-14-25)31(18-11-19-31)34-29(35)36-30(5,6)7;1-2/h8-10,12-17,20H,1,11,18-19,21H2,2-7H3,(H,34,35);1-2H3/b12-10-,24-9+,33-28?;. The lowest BCUT2D eigenvalue weighted by atomic mass is 9.71. The van der Waals surface area contributed by atoms with E-state index in [0.717, 1.165) is 58.6 Å². The highest BCUT2D eigenvalue weighted by Gasteiger charge is 2.41. The quantitative estimate of drug-likeness (QED) is 0.282. The molecule has 5 nitrogen and oxygen atoms in total. The number of amides is 1. The van der Waals surface area contributed by atoms with Crippen LogP contribution in [0, 0.1) is 13.8 Å². The highest BCUT2D eigenvalue weighted by molar-refractivity contribution is 6.03. The number of carbonyl (C=O) groups is 1. The summed E-state index contributed by atoms with van der Waals surface area (Å²) < 4.78 is 5.53. The van der Waals surface area contributed by atoms with Gasteiger partial charge in [0.1, 0.15) is 5.60 Å². The third-order valence-corrected chi connectivity index (χ3v) is 6.59. The van der Waals surface area contributed by atoms with E-state index in [-0.39, 0.29) is 11.6 Å². The first-order valence-electron chi connectivity index (χ1n) is 13.6. The Balaban J connectivity index is 0.00000247. The van der Waals surface area contributed by atoms with Gasteiger partial charge in [0.05, 0.1) is 16.9 Å². The Morgan fingerprint density at radius 1 is 1.16 bits per heavy atom. The molecule has 0 radical (unpaired) electrons. The van der Waals surface area contributed by atoms with Gasteiger partial charge in [-0.3, -0.25) is 9.98 Å². The van der Waals surface area contributed by atoms with E-state index in [2.05, 4.69) is 60.2 Å². The Labute approximate surface area is 229 Å². The van der Waals surface area contributed by atoms with E-state index in [1.807, 2.05) is 60.6 Å². The third kappa shape index (κ3) is 8.27. The minimum atomic E-state index is -0.530. The monoisotopic (exact) mass is 515 g/mol. The summed E-state index contributed by atoms with van der Waals surface area (Å²) in [5.74, 6) is 0. The maximum absolute atomic E-state index is 12.5. The third-order valence-electron chi connectivity index (χ3n) is 6.59. The first-order chi connectivity index (χ1) is 18.1. The number of alkyl carbamates (subject to hydrolysis) is 1. The average molecular weight is 516 g/mol. The number of benzene rings is 1. The van der Waals surface area contributed by atoms with E-state index < -0.39 is 5.60 Å². The van der Waals surface area contributed by atoms with Gasteiger partial charge in [0.2, 0.25) is 0 Å². The fourth-order valence-corrected chi connectivity index (χ4v) is 4.24. The van der Waals surface area contributed by atoms with Crippen LogP contribution in [-0.4, -0.2) is 22.4 Å². The second-order valence-corrected chi connectivity index (χ2v) is 10.4. The van der Waals surface area contributed by atoms with Crippen LogP contribution in [0.15, 0.2) is 78.0 Å². The summed E-state index contributed by atoms with van der Waals surface area (Å²) in [6.45, 7) is 19.5. The predicted molar refractivity (Wildman–Crippen MR) is 160 cm³/mol. The van der Waals surface area contributed by atoms with E-state index >= 15 is 0 Å². The molecule has 1 aliphatic carbocycles. The zero-order chi connectivity index (χ0) is 28.3. The van der Waals surface area contributed by atoms with E-state index in [1.165, 1.54) is 0 Å². The van der Waals surface area contributed by atoms with Crippen LogP contribution in [0.2, 0.25) is 0 Å². The molecule has 1 aromatic carbocycles. The second-order valence-electron chi connectivity index (χ2n) is 10.4. The van der Waals surface area contributed by atoms with Gasteiger partial charge in [-0.2, -0.15) is 0 Å². The van der Waals surface area contributed by atoms with Crippen molar-refractivity contribution in [3.05, 3.63) is 95.4 Å². The summed E-state index contributed by atoms with van der Waals surface area (Å²) in [6, 6.07) is 10.4. The van der Waals surface area contributed by atoms with Gasteiger partial charge >= 0.3 is 6.09 Å². The van der Waals surface area contributed by atoms with Gasteiger partial charge < -0.3 is 10.1 Å². The number of aliphatic imine (C=N–C) groups is 1. The molecule has 5 heteroatoms. The molecule has 1 aliphatic rings. The van der Waals surface area contributed by atoms with Gasteiger partial charge in [-0.05, 0) is 89.1 Å². The molecule has 1 saturated carbocycles.